The molecule has 0 radical (unpaired) electrons. The number of rotatable bonds is 6. The van der Waals surface area contributed by atoms with Gasteiger partial charge in [-0.2, -0.15) is 0 Å². The summed E-state index contributed by atoms with van der Waals surface area (Å²) in [6, 6.07) is 11.2. The van der Waals surface area contributed by atoms with Crippen LogP contribution in [0.5, 0.6) is 0 Å². The van der Waals surface area contributed by atoms with Crippen LogP contribution in [0.3, 0.4) is 0 Å². The Hall–Kier alpha value is -1.68. The molecule has 0 aliphatic carbocycles. The number of aliphatic imine (C=N–C) groups is 1. The number of carbonyl (C=O) groups is 2. The van der Waals surface area contributed by atoms with E-state index < -0.39 is 0 Å². The predicted molar refractivity (Wildman–Crippen MR) is 130 cm³/mol. The second-order valence-corrected chi connectivity index (χ2v) is 7.62. The van der Waals surface area contributed by atoms with Crippen LogP contribution in [0.1, 0.15) is 44.2 Å². The fraction of sp³-hybridized carbons (Fsp3) is 0.591. The molecule has 2 aliphatic rings. The van der Waals surface area contributed by atoms with E-state index in [2.05, 4.69) is 57.4 Å². The molecule has 2 aliphatic heterocycles. The molecule has 0 saturated carbocycles. The van der Waals surface area contributed by atoms with Gasteiger partial charge in [0.2, 0.25) is 11.8 Å². The second-order valence-electron chi connectivity index (χ2n) is 7.62. The lowest BCUT2D eigenvalue weighted by atomic mass is 10.0. The molecule has 166 valence electrons. The monoisotopic (exact) mass is 527 g/mol. The van der Waals surface area contributed by atoms with Crippen LogP contribution in [0.4, 0.5) is 0 Å². The zero-order chi connectivity index (χ0) is 20.6. The first-order valence-corrected chi connectivity index (χ1v) is 10.7. The van der Waals surface area contributed by atoms with Crippen molar-refractivity contribution in [2.24, 2.45) is 4.99 Å². The van der Waals surface area contributed by atoms with Crippen molar-refractivity contribution in [1.82, 2.24) is 20.0 Å². The Morgan fingerprint density at radius 1 is 1.07 bits per heavy atom. The van der Waals surface area contributed by atoms with Gasteiger partial charge in [-0.05, 0) is 18.4 Å². The number of piperidine rings is 1. The maximum Gasteiger partial charge on any atom is 0.229 e. The number of imide groups is 1. The number of amides is 2. The Balaban J connectivity index is 0.00000320. The largest absolute Gasteiger partial charge is 0.354 e. The second kappa shape index (κ2) is 12.2. The summed E-state index contributed by atoms with van der Waals surface area (Å²) < 4.78 is 0. The zero-order valence-electron chi connectivity index (χ0n) is 18.0. The fourth-order valence-electron chi connectivity index (χ4n) is 4.29. The van der Waals surface area contributed by atoms with E-state index in [-0.39, 0.29) is 35.8 Å². The number of benzene rings is 1. The third-order valence-corrected chi connectivity index (χ3v) is 5.84. The van der Waals surface area contributed by atoms with Crippen LogP contribution in [0.2, 0.25) is 0 Å². The zero-order valence-corrected chi connectivity index (χ0v) is 20.4. The van der Waals surface area contributed by atoms with E-state index >= 15 is 0 Å². The maximum absolute atomic E-state index is 11.9. The first kappa shape index (κ1) is 24.6. The molecule has 2 saturated heterocycles. The van der Waals surface area contributed by atoms with E-state index in [1.807, 2.05) is 0 Å². The number of hydrogen-bond donors (Lipinski definition) is 1. The Kier molecular flexibility index (Phi) is 10.0. The van der Waals surface area contributed by atoms with Crippen molar-refractivity contribution in [3.8, 4) is 0 Å². The van der Waals surface area contributed by atoms with Crippen LogP contribution in [0, 0.1) is 0 Å². The van der Waals surface area contributed by atoms with E-state index in [1.165, 1.54) is 10.5 Å². The summed E-state index contributed by atoms with van der Waals surface area (Å²) in [6.07, 6.45) is 2.72. The first-order chi connectivity index (χ1) is 14.1. The molecule has 2 fully saturated rings. The van der Waals surface area contributed by atoms with Crippen LogP contribution in [-0.2, 0) is 9.59 Å². The Bertz CT molecular complexity index is 703. The number of carbonyl (C=O) groups excluding carboxylic acids is 2. The lowest BCUT2D eigenvalue weighted by Gasteiger charge is -2.40. The van der Waals surface area contributed by atoms with E-state index in [0.29, 0.717) is 38.4 Å². The molecule has 2 amide bonds. The first-order valence-electron chi connectivity index (χ1n) is 10.7. The number of hydrogen-bond acceptors (Lipinski definition) is 4. The van der Waals surface area contributed by atoms with Gasteiger partial charge in [-0.25, -0.2) is 0 Å². The number of halogens is 1. The van der Waals surface area contributed by atoms with Crippen LogP contribution in [0.25, 0.3) is 0 Å². The van der Waals surface area contributed by atoms with Crippen molar-refractivity contribution in [3.05, 3.63) is 35.9 Å². The summed E-state index contributed by atoms with van der Waals surface area (Å²) in [7, 11) is 1.78. The summed E-state index contributed by atoms with van der Waals surface area (Å²) in [6.45, 7) is 6.96. The van der Waals surface area contributed by atoms with Gasteiger partial charge in [-0.1, -0.05) is 37.3 Å². The van der Waals surface area contributed by atoms with Crippen LogP contribution in [-0.4, -0.2) is 78.8 Å². The van der Waals surface area contributed by atoms with Gasteiger partial charge < -0.3 is 10.2 Å². The molecule has 8 heteroatoms. The summed E-state index contributed by atoms with van der Waals surface area (Å²) in [5.74, 6) is 0.727. The van der Waals surface area contributed by atoms with E-state index in [0.717, 1.165) is 38.6 Å². The minimum atomic E-state index is -0.0572. The fourth-order valence-corrected chi connectivity index (χ4v) is 4.29. The number of guanidine groups is 1. The average Bonchev–Trinajstić information content (AvgIpc) is 2.75. The molecular formula is C22H34IN5O2. The van der Waals surface area contributed by atoms with Gasteiger partial charge in [0.25, 0.3) is 0 Å². The van der Waals surface area contributed by atoms with E-state index in [9.17, 15) is 9.59 Å². The molecular weight excluding hydrogens is 493 g/mol. The molecule has 3 rings (SSSR count). The molecule has 1 aromatic rings. The number of likely N-dealkylation sites (tertiary alicyclic amines) is 1. The van der Waals surface area contributed by atoms with Gasteiger partial charge >= 0.3 is 0 Å². The molecule has 30 heavy (non-hydrogen) atoms. The average molecular weight is 527 g/mol. The highest BCUT2D eigenvalue weighted by Gasteiger charge is 2.27. The quantitative estimate of drug-likeness (QED) is 0.267. The minimum Gasteiger partial charge on any atom is -0.354 e. The smallest absolute Gasteiger partial charge is 0.229 e. The molecule has 1 atom stereocenters. The molecule has 1 N–H and O–H groups in total. The summed E-state index contributed by atoms with van der Waals surface area (Å²) in [5, 5.41) is 3.33. The predicted octanol–water partition coefficient (Wildman–Crippen LogP) is 2.49. The maximum atomic E-state index is 11.9. The molecule has 0 aromatic heterocycles. The molecule has 7 nitrogen and oxygen atoms in total. The standard InChI is InChI=1S/C22H33N5O2.HI/c1-3-19(18-8-5-4-6-9-18)25-14-16-26(17-15-25)22(23-2)24-12-13-27-20(28)10-7-11-21(27)29;/h4-6,8-9,19H,3,7,10-17H2,1-2H3,(H,23,24);1H. The highest BCUT2D eigenvalue weighted by molar-refractivity contribution is 14.0. The molecule has 0 spiro atoms. The Labute approximate surface area is 196 Å². The third-order valence-electron chi connectivity index (χ3n) is 5.84. The van der Waals surface area contributed by atoms with Gasteiger partial charge in [0, 0.05) is 65.2 Å². The van der Waals surface area contributed by atoms with Crippen LogP contribution < -0.4 is 5.32 Å². The topological polar surface area (TPSA) is 68.2 Å². The lowest BCUT2D eigenvalue weighted by Crippen LogP contribution is -2.54. The molecule has 0 bridgehead atoms. The van der Waals surface area contributed by atoms with Crippen molar-refractivity contribution in [2.45, 2.75) is 38.6 Å². The van der Waals surface area contributed by atoms with E-state index in [4.69, 9.17) is 0 Å². The van der Waals surface area contributed by atoms with Gasteiger partial charge in [0.05, 0.1) is 0 Å². The van der Waals surface area contributed by atoms with Gasteiger partial charge in [-0.3, -0.25) is 24.4 Å². The molecule has 2 heterocycles. The molecule has 1 aromatic carbocycles. The van der Waals surface area contributed by atoms with Crippen LogP contribution in [0.15, 0.2) is 35.3 Å². The number of nitrogens with zero attached hydrogens (tertiary/aromatic N) is 4. The van der Waals surface area contributed by atoms with Crippen molar-refractivity contribution in [2.75, 3.05) is 46.3 Å². The van der Waals surface area contributed by atoms with Crippen molar-refractivity contribution in [3.63, 3.8) is 0 Å². The van der Waals surface area contributed by atoms with Gasteiger partial charge in [0.15, 0.2) is 5.96 Å². The third kappa shape index (κ3) is 6.16. The highest BCUT2D eigenvalue weighted by atomic mass is 127. The number of nitrogens with one attached hydrogen (secondary N) is 1. The van der Waals surface area contributed by atoms with Gasteiger partial charge in [0.1, 0.15) is 0 Å². The van der Waals surface area contributed by atoms with Crippen molar-refractivity contribution in [1.29, 1.82) is 0 Å². The summed E-state index contributed by atoms with van der Waals surface area (Å²) >= 11 is 0. The summed E-state index contributed by atoms with van der Waals surface area (Å²) in [4.78, 5) is 34.4. The normalized spacial score (nSPS) is 19.5. The molecule has 1 unspecified atom stereocenters. The van der Waals surface area contributed by atoms with Gasteiger partial charge in [-0.15, -0.1) is 24.0 Å². The van der Waals surface area contributed by atoms with Crippen LogP contribution >= 0.6 is 24.0 Å². The Morgan fingerprint density at radius 3 is 2.27 bits per heavy atom. The Morgan fingerprint density at radius 2 is 1.70 bits per heavy atom. The lowest BCUT2D eigenvalue weighted by molar-refractivity contribution is -0.147. The van der Waals surface area contributed by atoms with Crippen molar-refractivity contribution >= 4 is 41.8 Å². The van der Waals surface area contributed by atoms with E-state index in [1.54, 1.807) is 7.05 Å². The number of piperazine rings is 1. The highest BCUT2D eigenvalue weighted by Crippen LogP contribution is 2.25. The summed E-state index contributed by atoms with van der Waals surface area (Å²) in [5.41, 5.74) is 1.38. The minimum absolute atomic E-state index is 0. The van der Waals surface area contributed by atoms with Crippen molar-refractivity contribution < 1.29 is 9.59 Å². The SMILES string of the molecule is CCC(c1ccccc1)N1CCN(C(=NC)NCCN2C(=O)CCCC2=O)CC1.I.